The Morgan fingerprint density at radius 3 is 2.22 bits per heavy atom. The van der Waals surface area contributed by atoms with Crippen LogP contribution in [0.3, 0.4) is 0 Å². The maximum atomic E-state index is 13.0. The number of rotatable bonds is 4. The van der Waals surface area contributed by atoms with Gasteiger partial charge in [-0.15, -0.1) is 0 Å². The van der Waals surface area contributed by atoms with E-state index in [1.54, 1.807) is 12.1 Å². The van der Waals surface area contributed by atoms with E-state index < -0.39 is 21.8 Å². The molecule has 0 atom stereocenters. The van der Waals surface area contributed by atoms with Gasteiger partial charge in [-0.2, -0.15) is 13.2 Å². The fraction of sp³-hybridized carbons (Fsp3) is 0.143. The molecule has 0 heterocycles. The summed E-state index contributed by atoms with van der Waals surface area (Å²) in [5.41, 5.74) is -1.25. The van der Waals surface area contributed by atoms with Crippen molar-refractivity contribution in [2.75, 3.05) is 11.8 Å². The fourth-order valence-electron chi connectivity index (χ4n) is 1.82. The molecule has 0 spiro atoms. The molecular formula is C14H11F3INO3S. The topological polar surface area (TPSA) is 55.4 Å². The third-order valence-corrected chi connectivity index (χ3v) is 5.00. The molecule has 0 amide bonds. The maximum Gasteiger partial charge on any atom is 0.420 e. The number of alkyl halides is 3. The minimum absolute atomic E-state index is 0.0395. The van der Waals surface area contributed by atoms with Gasteiger partial charge in [0.25, 0.3) is 10.0 Å². The first-order chi connectivity index (χ1) is 10.6. The highest BCUT2D eigenvalue weighted by Gasteiger charge is 2.34. The van der Waals surface area contributed by atoms with Crippen molar-refractivity contribution in [1.82, 2.24) is 0 Å². The lowest BCUT2D eigenvalue weighted by molar-refractivity contribution is -0.138. The molecule has 23 heavy (non-hydrogen) atoms. The van der Waals surface area contributed by atoms with Crippen LogP contribution in [-0.2, 0) is 16.2 Å². The van der Waals surface area contributed by atoms with Crippen LogP contribution in [0.2, 0.25) is 0 Å². The first-order valence-corrected chi connectivity index (χ1v) is 8.73. The Morgan fingerprint density at radius 1 is 1.09 bits per heavy atom. The van der Waals surface area contributed by atoms with Crippen LogP contribution in [-0.4, -0.2) is 15.5 Å². The van der Waals surface area contributed by atoms with Crippen molar-refractivity contribution in [3.05, 3.63) is 51.6 Å². The fourth-order valence-corrected chi connectivity index (χ4v) is 3.23. The molecule has 124 valence electrons. The van der Waals surface area contributed by atoms with Gasteiger partial charge in [-0.05, 0) is 65.1 Å². The second-order valence-corrected chi connectivity index (χ2v) is 7.40. The molecule has 9 heteroatoms. The molecule has 2 rings (SSSR count). The van der Waals surface area contributed by atoms with Crippen LogP contribution in [0.4, 0.5) is 18.9 Å². The van der Waals surface area contributed by atoms with E-state index in [2.05, 4.69) is 9.46 Å². The molecule has 1 N–H and O–H groups in total. The van der Waals surface area contributed by atoms with Crippen LogP contribution in [0.25, 0.3) is 0 Å². The molecule has 0 unspecified atom stereocenters. The van der Waals surface area contributed by atoms with Crippen LogP contribution in [0.5, 0.6) is 5.75 Å². The number of ether oxygens (including phenoxy) is 1. The summed E-state index contributed by atoms with van der Waals surface area (Å²) in [4.78, 5) is -0.0395. The van der Waals surface area contributed by atoms with E-state index in [0.29, 0.717) is 6.07 Å². The van der Waals surface area contributed by atoms with E-state index in [9.17, 15) is 21.6 Å². The van der Waals surface area contributed by atoms with Crippen molar-refractivity contribution in [3.8, 4) is 5.75 Å². The zero-order valence-electron chi connectivity index (χ0n) is 11.7. The van der Waals surface area contributed by atoms with Gasteiger partial charge in [0.05, 0.1) is 17.6 Å². The lowest BCUT2D eigenvalue weighted by atomic mass is 10.1. The first kappa shape index (κ1) is 17.9. The van der Waals surface area contributed by atoms with Gasteiger partial charge in [-0.3, -0.25) is 4.72 Å². The number of hydrogen-bond donors (Lipinski definition) is 1. The largest absolute Gasteiger partial charge is 0.496 e. The number of benzene rings is 2. The van der Waals surface area contributed by atoms with Crippen LogP contribution in [0.1, 0.15) is 5.56 Å². The van der Waals surface area contributed by atoms with E-state index in [-0.39, 0.29) is 16.3 Å². The van der Waals surface area contributed by atoms with Crippen molar-refractivity contribution < 1.29 is 26.3 Å². The normalized spacial score (nSPS) is 12.0. The lowest BCUT2D eigenvalue weighted by Gasteiger charge is -2.14. The summed E-state index contributed by atoms with van der Waals surface area (Å²) in [5, 5.41) is 0. The molecule has 0 saturated heterocycles. The second-order valence-electron chi connectivity index (χ2n) is 4.47. The van der Waals surface area contributed by atoms with E-state index in [4.69, 9.17) is 0 Å². The minimum atomic E-state index is -4.66. The standard InChI is InChI=1S/C14H11F3INO3S/c1-22-13-7-4-10(8-12(13)14(15,16)17)19-23(20,21)11-5-2-9(18)3-6-11/h2-8,19H,1H3. The quantitative estimate of drug-likeness (QED) is 0.704. The third kappa shape index (κ3) is 4.28. The van der Waals surface area contributed by atoms with Gasteiger partial charge in [-0.1, -0.05) is 0 Å². The molecule has 0 fully saturated rings. The Kier molecular flexibility index (Phi) is 5.09. The molecule has 0 aromatic heterocycles. The van der Waals surface area contributed by atoms with Crippen molar-refractivity contribution in [1.29, 1.82) is 0 Å². The van der Waals surface area contributed by atoms with Gasteiger partial charge in [0.2, 0.25) is 0 Å². The zero-order chi connectivity index (χ0) is 17.3. The van der Waals surface area contributed by atoms with Crippen molar-refractivity contribution in [3.63, 3.8) is 0 Å². The molecule has 2 aromatic carbocycles. The van der Waals surface area contributed by atoms with Gasteiger partial charge in [0.1, 0.15) is 5.75 Å². The summed E-state index contributed by atoms with van der Waals surface area (Å²) in [7, 11) is -2.86. The van der Waals surface area contributed by atoms with Crippen LogP contribution in [0, 0.1) is 3.57 Å². The molecule has 0 aliphatic rings. The smallest absolute Gasteiger partial charge is 0.420 e. The average Bonchev–Trinajstić information content (AvgIpc) is 2.46. The van der Waals surface area contributed by atoms with E-state index in [1.165, 1.54) is 18.2 Å². The highest BCUT2D eigenvalue weighted by Crippen LogP contribution is 2.38. The number of halogens is 4. The predicted octanol–water partition coefficient (Wildman–Crippen LogP) is 4.12. The Bertz CT molecular complexity index is 805. The van der Waals surface area contributed by atoms with Crippen molar-refractivity contribution in [2.24, 2.45) is 0 Å². The summed E-state index contributed by atoms with van der Waals surface area (Å²) in [6.45, 7) is 0. The number of hydrogen-bond acceptors (Lipinski definition) is 3. The van der Waals surface area contributed by atoms with E-state index in [0.717, 1.165) is 16.7 Å². The summed E-state index contributed by atoms with van der Waals surface area (Å²) in [6.07, 6.45) is -4.66. The number of methoxy groups -OCH3 is 1. The first-order valence-electron chi connectivity index (χ1n) is 6.17. The molecule has 0 radical (unpaired) electrons. The number of sulfonamides is 1. The lowest BCUT2D eigenvalue weighted by Crippen LogP contribution is -2.14. The number of anilines is 1. The molecular weight excluding hydrogens is 446 g/mol. The minimum Gasteiger partial charge on any atom is -0.496 e. The van der Waals surface area contributed by atoms with Gasteiger partial charge in [-0.25, -0.2) is 8.42 Å². The number of nitrogens with one attached hydrogen (secondary N) is 1. The average molecular weight is 457 g/mol. The molecule has 0 aliphatic carbocycles. The van der Waals surface area contributed by atoms with Gasteiger partial charge >= 0.3 is 6.18 Å². The van der Waals surface area contributed by atoms with Gasteiger partial charge in [0.15, 0.2) is 0 Å². The summed E-state index contributed by atoms with van der Waals surface area (Å²) in [6, 6.07) is 8.89. The van der Waals surface area contributed by atoms with E-state index >= 15 is 0 Å². The monoisotopic (exact) mass is 457 g/mol. The van der Waals surface area contributed by atoms with Crippen molar-refractivity contribution in [2.45, 2.75) is 11.1 Å². The van der Waals surface area contributed by atoms with Crippen LogP contribution < -0.4 is 9.46 Å². The van der Waals surface area contributed by atoms with Crippen LogP contribution >= 0.6 is 22.6 Å². The maximum absolute atomic E-state index is 13.0. The second kappa shape index (κ2) is 6.56. The Morgan fingerprint density at radius 2 is 1.70 bits per heavy atom. The summed E-state index contributed by atoms with van der Waals surface area (Å²) < 4.78 is 70.9. The highest BCUT2D eigenvalue weighted by molar-refractivity contribution is 14.1. The highest BCUT2D eigenvalue weighted by atomic mass is 127. The van der Waals surface area contributed by atoms with Gasteiger partial charge < -0.3 is 4.74 Å². The SMILES string of the molecule is COc1ccc(NS(=O)(=O)c2ccc(I)cc2)cc1C(F)(F)F. The molecule has 0 saturated carbocycles. The molecule has 4 nitrogen and oxygen atoms in total. The predicted molar refractivity (Wildman–Crippen MR) is 88.0 cm³/mol. The van der Waals surface area contributed by atoms with Crippen molar-refractivity contribution >= 4 is 38.3 Å². The molecule has 0 bridgehead atoms. The van der Waals surface area contributed by atoms with Crippen LogP contribution in [0.15, 0.2) is 47.4 Å². The van der Waals surface area contributed by atoms with E-state index in [1.807, 2.05) is 22.6 Å². The summed E-state index contributed by atoms with van der Waals surface area (Å²) in [5.74, 6) is -0.380. The summed E-state index contributed by atoms with van der Waals surface area (Å²) >= 11 is 2.01. The Labute approximate surface area is 144 Å². The molecule has 0 aliphatic heterocycles. The Hall–Kier alpha value is -1.49. The third-order valence-electron chi connectivity index (χ3n) is 2.88. The van der Waals surface area contributed by atoms with Gasteiger partial charge in [0, 0.05) is 9.26 Å². The Balaban J connectivity index is 2.38. The zero-order valence-corrected chi connectivity index (χ0v) is 14.7. The molecule has 2 aromatic rings.